The minimum absolute atomic E-state index is 0.206. The number of rotatable bonds is 6. The molecule has 1 atom stereocenters. The van der Waals surface area contributed by atoms with E-state index in [9.17, 15) is 5.11 Å². The third-order valence-electron chi connectivity index (χ3n) is 4.85. The van der Waals surface area contributed by atoms with Gasteiger partial charge in [0.05, 0.1) is 12.3 Å². The van der Waals surface area contributed by atoms with Crippen molar-refractivity contribution in [2.24, 2.45) is 0 Å². The molecule has 4 aromatic rings. The predicted octanol–water partition coefficient (Wildman–Crippen LogP) is 2.43. The average Bonchev–Trinajstić information content (AvgIpc) is 3.31. The first-order valence-electron chi connectivity index (χ1n) is 9.26. The topological polar surface area (TPSA) is 107 Å². The van der Waals surface area contributed by atoms with Gasteiger partial charge in [-0.05, 0) is 48.4 Å². The summed E-state index contributed by atoms with van der Waals surface area (Å²) in [5.41, 5.74) is 1.62. The second-order valence-electron chi connectivity index (χ2n) is 6.87. The number of aliphatic hydroxyl groups is 1. The van der Waals surface area contributed by atoms with Crippen LogP contribution < -0.4 is 0 Å². The minimum atomic E-state index is -0.536. The van der Waals surface area contributed by atoms with E-state index >= 15 is 0 Å². The molecule has 0 spiro atoms. The Morgan fingerprint density at radius 3 is 2.66 bits per heavy atom. The van der Waals surface area contributed by atoms with Gasteiger partial charge < -0.3 is 9.67 Å². The fourth-order valence-corrected chi connectivity index (χ4v) is 3.47. The summed E-state index contributed by atoms with van der Waals surface area (Å²) in [6, 6.07) is 11.3. The number of nitrogens with zero attached hydrogens (tertiary/aromatic N) is 8. The van der Waals surface area contributed by atoms with Crippen molar-refractivity contribution in [3.63, 3.8) is 0 Å². The minimum Gasteiger partial charge on any atom is -0.395 e. The van der Waals surface area contributed by atoms with Crippen LogP contribution >= 0.6 is 11.6 Å². The summed E-state index contributed by atoms with van der Waals surface area (Å²) in [4.78, 5) is 5.46. The standard InChI is InChI=1S/C19H17ClN8O/c20-13-2-1-3-15(10-13)28-25-17(22-26-28)16(11-29)19-24-23-18(27(19)14-4-5-14)12-6-8-21-9-7-12/h1-3,6-10,14,16,29H,4-5,11H2. The number of pyridine rings is 1. The van der Waals surface area contributed by atoms with E-state index in [1.807, 2.05) is 24.3 Å². The highest BCUT2D eigenvalue weighted by atomic mass is 35.5. The maximum atomic E-state index is 10.1. The number of hydrogen-bond acceptors (Lipinski definition) is 7. The van der Waals surface area contributed by atoms with E-state index in [1.54, 1.807) is 24.5 Å². The van der Waals surface area contributed by atoms with Gasteiger partial charge in [0.1, 0.15) is 11.7 Å². The lowest BCUT2D eigenvalue weighted by atomic mass is 10.1. The Balaban J connectivity index is 1.54. The summed E-state index contributed by atoms with van der Waals surface area (Å²) in [6.45, 7) is -0.206. The van der Waals surface area contributed by atoms with Crippen LogP contribution in [0.1, 0.15) is 36.5 Å². The molecule has 1 aliphatic rings. The smallest absolute Gasteiger partial charge is 0.188 e. The number of hydrogen-bond donors (Lipinski definition) is 1. The van der Waals surface area contributed by atoms with Crippen LogP contribution in [0.3, 0.4) is 0 Å². The van der Waals surface area contributed by atoms with Gasteiger partial charge in [0.25, 0.3) is 0 Å². The summed E-state index contributed by atoms with van der Waals surface area (Å²) in [5.74, 6) is 1.23. The lowest BCUT2D eigenvalue weighted by Gasteiger charge is -2.13. The SMILES string of the molecule is OCC(c1nnn(-c2cccc(Cl)c2)n1)c1nnc(-c2ccncc2)n1C1CC1. The van der Waals surface area contributed by atoms with Crippen LogP contribution in [0.15, 0.2) is 48.8 Å². The number of halogens is 1. The van der Waals surface area contributed by atoms with Crippen LogP contribution in [0.2, 0.25) is 5.02 Å². The molecule has 0 radical (unpaired) electrons. The second-order valence-corrected chi connectivity index (χ2v) is 7.31. The van der Waals surface area contributed by atoms with Crippen molar-refractivity contribution in [3.05, 3.63) is 65.5 Å². The largest absolute Gasteiger partial charge is 0.395 e. The molecule has 146 valence electrons. The van der Waals surface area contributed by atoms with Crippen molar-refractivity contribution in [2.45, 2.75) is 24.8 Å². The Morgan fingerprint density at radius 1 is 1.10 bits per heavy atom. The quantitative estimate of drug-likeness (QED) is 0.522. The van der Waals surface area contributed by atoms with Gasteiger partial charge in [0.15, 0.2) is 11.6 Å². The molecule has 0 aliphatic heterocycles. The summed E-state index contributed by atoms with van der Waals surface area (Å²) < 4.78 is 2.08. The predicted molar refractivity (Wildman–Crippen MR) is 105 cm³/mol. The van der Waals surface area contributed by atoms with Crippen LogP contribution in [-0.4, -0.2) is 51.7 Å². The van der Waals surface area contributed by atoms with E-state index in [4.69, 9.17) is 11.6 Å². The van der Waals surface area contributed by atoms with Crippen LogP contribution in [0.5, 0.6) is 0 Å². The maximum absolute atomic E-state index is 10.1. The first-order chi connectivity index (χ1) is 14.2. The van der Waals surface area contributed by atoms with Gasteiger partial charge >= 0.3 is 0 Å². The summed E-state index contributed by atoms with van der Waals surface area (Å²) in [5, 5.41) is 32.2. The van der Waals surface area contributed by atoms with Crippen LogP contribution in [0, 0.1) is 0 Å². The summed E-state index contributed by atoms with van der Waals surface area (Å²) in [7, 11) is 0. The molecular formula is C19H17ClN8O. The maximum Gasteiger partial charge on any atom is 0.188 e. The number of aliphatic hydroxyl groups excluding tert-OH is 1. The molecule has 1 unspecified atom stereocenters. The van der Waals surface area contributed by atoms with Gasteiger partial charge in [-0.3, -0.25) is 4.98 Å². The van der Waals surface area contributed by atoms with E-state index in [1.165, 1.54) is 4.80 Å². The molecule has 29 heavy (non-hydrogen) atoms. The van der Waals surface area contributed by atoms with E-state index in [0.717, 1.165) is 24.2 Å². The van der Waals surface area contributed by atoms with Gasteiger partial charge in [-0.15, -0.1) is 25.2 Å². The third kappa shape index (κ3) is 3.39. The highest BCUT2D eigenvalue weighted by Gasteiger charge is 2.34. The Labute approximate surface area is 171 Å². The average molecular weight is 409 g/mol. The van der Waals surface area contributed by atoms with Crippen molar-refractivity contribution < 1.29 is 5.11 Å². The van der Waals surface area contributed by atoms with Gasteiger partial charge in [-0.1, -0.05) is 17.7 Å². The number of aromatic nitrogens is 8. The van der Waals surface area contributed by atoms with E-state index in [-0.39, 0.29) is 6.61 Å². The van der Waals surface area contributed by atoms with E-state index in [2.05, 4.69) is 35.2 Å². The van der Waals surface area contributed by atoms with Gasteiger partial charge in [-0.2, -0.15) is 0 Å². The van der Waals surface area contributed by atoms with Crippen molar-refractivity contribution >= 4 is 11.6 Å². The molecule has 0 amide bonds. The zero-order chi connectivity index (χ0) is 19.8. The van der Waals surface area contributed by atoms with Crippen LogP contribution in [0.4, 0.5) is 0 Å². The first kappa shape index (κ1) is 17.9. The van der Waals surface area contributed by atoms with Crippen molar-refractivity contribution in [2.75, 3.05) is 6.61 Å². The van der Waals surface area contributed by atoms with Crippen LogP contribution in [-0.2, 0) is 0 Å². The lowest BCUT2D eigenvalue weighted by Crippen LogP contribution is -2.15. The summed E-state index contributed by atoms with van der Waals surface area (Å²) >= 11 is 6.06. The number of benzene rings is 1. The first-order valence-corrected chi connectivity index (χ1v) is 9.64. The molecule has 3 heterocycles. The van der Waals surface area contributed by atoms with Crippen molar-refractivity contribution in [1.82, 2.24) is 40.0 Å². The van der Waals surface area contributed by atoms with E-state index < -0.39 is 5.92 Å². The molecule has 9 nitrogen and oxygen atoms in total. The molecule has 1 N–H and O–H groups in total. The van der Waals surface area contributed by atoms with Crippen molar-refractivity contribution in [1.29, 1.82) is 0 Å². The zero-order valence-electron chi connectivity index (χ0n) is 15.3. The zero-order valence-corrected chi connectivity index (χ0v) is 16.1. The molecule has 0 bridgehead atoms. The third-order valence-corrected chi connectivity index (χ3v) is 5.08. The fourth-order valence-electron chi connectivity index (χ4n) is 3.28. The molecule has 1 fully saturated rings. The molecule has 5 rings (SSSR count). The molecular weight excluding hydrogens is 392 g/mol. The molecule has 1 aliphatic carbocycles. The molecule has 0 saturated heterocycles. The van der Waals surface area contributed by atoms with E-state index in [0.29, 0.717) is 28.4 Å². The molecule has 10 heteroatoms. The second kappa shape index (κ2) is 7.34. The Kier molecular flexibility index (Phi) is 4.53. The highest BCUT2D eigenvalue weighted by Crippen LogP contribution is 2.40. The van der Waals surface area contributed by atoms with Gasteiger partial charge in [0, 0.05) is 29.0 Å². The fraction of sp³-hybridized carbons (Fsp3) is 0.263. The summed E-state index contributed by atoms with van der Waals surface area (Å²) in [6.07, 6.45) is 5.54. The van der Waals surface area contributed by atoms with Crippen molar-refractivity contribution in [3.8, 4) is 17.1 Å². The normalized spacial score (nSPS) is 14.8. The Bertz CT molecular complexity index is 1140. The Hall–Kier alpha value is -3.17. The van der Waals surface area contributed by atoms with Gasteiger partial charge in [0.2, 0.25) is 0 Å². The number of tetrazole rings is 1. The Morgan fingerprint density at radius 2 is 1.93 bits per heavy atom. The monoisotopic (exact) mass is 408 g/mol. The molecule has 1 saturated carbocycles. The molecule has 3 aromatic heterocycles. The lowest BCUT2D eigenvalue weighted by molar-refractivity contribution is 0.269. The molecule has 1 aromatic carbocycles. The van der Waals surface area contributed by atoms with Gasteiger partial charge in [-0.25, -0.2) is 0 Å². The highest BCUT2D eigenvalue weighted by molar-refractivity contribution is 6.30. The van der Waals surface area contributed by atoms with Crippen LogP contribution in [0.25, 0.3) is 17.1 Å².